The van der Waals surface area contributed by atoms with Gasteiger partial charge in [-0.1, -0.05) is 0 Å². The van der Waals surface area contributed by atoms with Crippen molar-refractivity contribution in [2.24, 2.45) is 5.73 Å². The van der Waals surface area contributed by atoms with Crippen molar-refractivity contribution in [2.45, 2.75) is 39.2 Å². The molecule has 0 heterocycles. The van der Waals surface area contributed by atoms with Gasteiger partial charge in [0.05, 0.1) is 12.1 Å². The standard InChI is InChI=1S/C10H20N2O3/c1-4-15-8(13)6-5-7-12-9(14)10(2,3)11/h4-7,11H2,1-3H3,(H,12,14). The zero-order chi connectivity index (χ0) is 11.9. The molecule has 5 heteroatoms. The van der Waals surface area contributed by atoms with Gasteiger partial charge in [0.25, 0.3) is 0 Å². The number of carbonyl (C=O) groups excluding carboxylic acids is 2. The molecule has 5 nitrogen and oxygen atoms in total. The lowest BCUT2D eigenvalue weighted by atomic mass is 10.1. The Hall–Kier alpha value is -1.10. The van der Waals surface area contributed by atoms with E-state index in [2.05, 4.69) is 5.32 Å². The van der Waals surface area contributed by atoms with Crippen LogP contribution in [0.4, 0.5) is 0 Å². The fourth-order valence-electron chi connectivity index (χ4n) is 0.896. The first-order valence-corrected chi connectivity index (χ1v) is 5.10. The summed E-state index contributed by atoms with van der Waals surface area (Å²) in [6.45, 7) is 5.86. The van der Waals surface area contributed by atoms with Gasteiger partial charge in [-0.05, 0) is 27.2 Å². The first kappa shape index (κ1) is 13.9. The summed E-state index contributed by atoms with van der Waals surface area (Å²) < 4.78 is 4.74. The van der Waals surface area contributed by atoms with Gasteiger partial charge in [0, 0.05) is 13.0 Å². The van der Waals surface area contributed by atoms with Crippen molar-refractivity contribution < 1.29 is 14.3 Å². The van der Waals surface area contributed by atoms with Crippen LogP contribution < -0.4 is 11.1 Å². The van der Waals surface area contributed by atoms with Crippen LogP contribution in [0.1, 0.15) is 33.6 Å². The fourth-order valence-corrected chi connectivity index (χ4v) is 0.896. The molecule has 0 rings (SSSR count). The van der Waals surface area contributed by atoms with Crippen molar-refractivity contribution >= 4 is 11.9 Å². The summed E-state index contributed by atoms with van der Waals surface area (Å²) in [5, 5.41) is 2.65. The molecule has 0 atom stereocenters. The third-order valence-electron chi connectivity index (χ3n) is 1.73. The molecule has 0 saturated heterocycles. The first-order chi connectivity index (χ1) is 6.88. The Kier molecular flexibility index (Phi) is 5.93. The summed E-state index contributed by atoms with van der Waals surface area (Å²) in [6, 6.07) is 0. The average molecular weight is 216 g/mol. The molecule has 0 unspecified atom stereocenters. The molecule has 0 aromatic heterocycles. The number of nitrogens with two attached hydrogens (primary N) is 1. The Bertz CT molecular complexity index is 221. The van der Waals surface area contributed by atoms with Crippen molar-refractivity contribution in [3.63, 3.8) is 0 Å². The molecule has 1 amide bonds. The molecule has 0 fully saturated rings. The topological polar surface area (TPSA) is 81.4 Å². The summed E-state index contributed by atoms with van der Waals surface area (Å²) in [4.78, 5) is 22.2. The number of amides is 1. The van der Waals surface area contributed by atoms with E-state index in [0.29, 0.717) is 26.0 Å². The maximum Gasteiger partial charge on any atom is 0.305 e. The average Bonchev–Trinajstić information content (AvgIpc) is 2.11. The van der Waals surface area contributed by atoms with Crippen LogP contribution in [0.15, 0.2) is 0 Å². The van der Waals surface area contributed by atoms with E-state index >= 15 is 0 Å². The minimum Gasteiger partial charge on any atom is -0.466 e. The van der Waals surface area contributed by atoms with Crippen LogP contribution in [0.3, 0.4) is 0 Å². The SMILES string of the molecule is CCOC(=O)CCCNC(=O)C(C)(C)N. The fraction of sp³-hybridized carbons (Fsp3) is 0.800. The van der Waals surface area contributed by atoms with E-state index in [1.54, 1.807) is 20.8 Å². The highest BCUT2D eigenvalue weighted by Gasteiger charge is 2.20. The number of carbonyl (C=O) groups is 2. The van der Waals surface area contributed by atoms with Crippen molar-refractivity contribution in [2.75, 3.05) is 13.2 Å². The Labute approximate surface area is 90.4 Å². The van der Waals surface area contributed by atoms with Gasteiger partial charge in [-0.3, -0.25) is 9.59 Å². The van der Waals surface area contributed by atoms with Gasteiger partial charge in [0.1, 0.15) is 0 Å². The Morgan fingerprint density at radius 1 is 1.40 bits per heavy atom. The molecular formula is C10H20N2O3. The molecule has 0 saturated carbocycles. The van der Waals surface area contributed by atoms with Crippen LogP contribution in [-0.4, -0.2) is 30.6 Å². The summed E-state index contributed by atoms with van der Waals surface area (Å²) >= 11 is 0. The number of ether oxygens (including phenoxy) is 1. The molecule has 3 N–H and O–H groups in total. The maximum absolute atomic E-state index is 11.3. The lowest BCUT2D eigenvalue weighted by Crippen LogP contribution is -2.49. The molecule has 0 radical (unpaired) electrons. The zero-order valence-corrected chi connectivity index (χ0v) is 9.63. The first-order valence-electron chi connectivity index (χ1n) is 5.10. The molecular weight excluding hydrogens is 196 g/mol. The second-order valence-electron chi connectivity index (χ2n) is 3.89. The molecule has 0 spiro atoms. The summed E-state index contributed by atoms with van der Waals surface area (Å²) in [6.07, 6.45) is 0.889. The second kappa shape index (κ2) is 6.40. The zero-order valence-electron chi connectivity index (χ0n) is 9.63. The second-order valence-corrected chi connectivity index (χ2v) is 3.89. The summed E-state index contributed by atoms with van der Waals surface area (Å²) in [5.74, 6) is -0.454. The number of hydrogen-bond acceptors (Lipinski definition) is 4. The largest absolute Gasteiger partial charge is 0.466 e. The molecule has 0 aliphatic rings. The minimum absolute atomic E-state index is 0.216. The van der Waals surface area contributed by atoms with Gasteiger partial charge >= 0.3 is 5.97 Å². The molecule has 0 aromatic rings. The van der Waals surface area contributed by atoms with Crippen LogP contribution in [0.2, 0.25) is 0 Å². The third-order valence-corrected chi connectivity index (χ3v) is 1.73. The van der Waals surface area contributed by atoms with E-state index in [-0.39, 0.29) is 11.9 Å². The lowest BCUT2D eigenvalue weighted by Gasteiger charge is -2.17. The van der Waals surface area contributed by atoms with Crippen molar-refractivity contribution in [3.05, 3.63) is 0 Å². The molecule has 0 aliphatic carbocycles. The molecule has 0 aliphatic heterocycles. The number of esters is 1. The van der Waals surface area contributed by atoms with Crippen LogP contribution in [0.5, 0.6) is 0 Å². The highest BCUT2D eigenvalue weighted by atomic mass is 16.5. The Morgan fingerprint density at radius 3 is 2.47 bits per heavy atom. The Balaban J connectivity index is 3.55. The predicted molar refractivity (Wildman–Crippen MR) is 57.1 cm³/mol. The van der Waals surface area contributed by atoms with Crippen LogP contribution in [0, 0.1) is 0 Å². The van der Waals surface area contributed by atoms with Crippen molar-refractivity contribution in [3.8, 4) is 0 Å². The minimum atomic E-state index is -0.871. The number of hydrogen-bond donors (Lipinski definition) is 2. The number of nitrogens with one attached hydrogen (secondary N) is 1. The van der Waals surface area contributed by atoms with Crippen molar-refractivity contribution in [1.29, 1.82) is 0 Å². The quantitative estimate of drug-likeness (QED) is 0.490. The van der Waals surface area contributed by atoms with E-state index in [1.165, 1.54) is 0 Å². The van der Waals surface area contributed by atoms with E-state index in [0.717, 1.165) is 0 Å². The van der Waals surface area contributed by atoms with Crippen molar-refractivity contribution in [1.82, 2.24) is 5.32 Å². The van der Waals surface area contributed by atoms with Crippen LogP contribution in [0.25, 0.3) is 0 Å². The van der Waals surface area contributed by atoms with Gasteiger partial charge < -0.3 is 15.8 Å². The lowest BCUT2D eigenvalue weighted by molar-refractivity contribution is -0.143. The highest BCUT2D eigenvalue weighted by Crippen LogP contribution is 1.96. The molecule has 0 bridgehead atoms. The van der Waals surface area contributed by atoms with Gasteiger partial charge in [0.15, 0.2) is 0 Å². The molecule has 0 aromatic carbocycles. The normalized spacial score (nSPS) is 10.9. The summed E-state index contributed by atoms with van der Waals surface area (Å²) in [7, 11) is 0. The maximum atomic E-state index is 11.3. The van der Waals surface area contributed by atoms with E-state index < -0.39 is 5.54 Å². The van der Waals surface area contributed by atoms with E-state index in [9.17, 15) is 9.59 Å². The van der Waals surface area contributed by atoms with Crippen LogP contribution >= 0.6 is 0 Å². The predicted octanol–water partition coefficient (Wildman–Crippen LogP) is 0.183. The van der Waals surface area contributed by atoms with E-state index in [1.807, 2.05) is 0 Å². The Morgan fingerprint density at radius 2 is 2.00 bits per heavy atom. The van der Waals surface area contributed by atoms with Crippen LogP contribution in [-0.2, 0) is 14.3 Å². The van der Waals surface area contributed by atoms with Gasteiger partial charge in [0.2, 0.25) is 5.91 Å². The smallest absolute Gasteiger partial charge is 0.305 e. The van der Waals surface area contributed by atoms with Gasteiger partial charge in [-0.2, -0.15) is 0 Å². The summed E-state index contributed by atoms with van der Waals surface area (Å²) in [5.41, 5.74) is 4.69. The highest BCUT2D eigenvalue weighted by molar-refractivity contribution is 5.85. The molecule has 88 valence electrons. The monoisotopic (exact) mass is 216 g/mol. The van der Waals surface area contributed by atoms with E-state index in [4.69, 9.17) is 10.5 Å². The number of rotatable bonds is 6. The third kappa shape index (κ3) is 6.90. The van der Waals surface area contributed by atoms with Gasteiger partial charge in [-0.15, -0.1) is 0 Å². The molecule has 15 heavy (non-hydrogen) atoms. The van der Waals surface area contributed by atoms with Gasteiger partial charge in [-0.25, -0.2) is 0 Å².